The molecule has 1 aliphatic heterocycles. The van der Waals surface area contributed by atoms with Crippen molar-refractivity contribution in [1.82, 2.24) is 5.32 Å². The molecule has 3 nitrogen and oxygen atoms in total. The molecule has 2 fully saturated rings. The standard InChI is InChI=1S/C22H25NO2/c24-21(23-16-18-15-20(18)17-7-3-1-4-8-17)22(11-13-25-14-12-22)19-9-5-2-6-10-19/h1-10,18,20H,11-16H2,(H,23,24)/t18-,20-/m1/s1. The van der Waals surface area contributed by atoms with E-state index >= 15 is 0 Å². The first-order valence-corrected chi connectivity index (χ1v) is 9.26. The second-order valence-electron chi connectivity index (χ2n) is 7.28. The van der Waals surface area contributed by atoms with Crippen LogP contribution in [-0.4, -0.2) is 25.7 Å². The van der Waals surface area contributed by atoms with Gasteiger partial charge in [0.25, 0.3) is 0 Å². The van der Waals surface area contributed by atoms with Gasteiger partial charge in [-0.2, -0.15) is 0 Å². The molecule has 0 unspecified atom stereocenters. The van der Waals surface area contributed by atoms with Crippen LogP contribution >= 0.6 is 0 Å². The van der Waals surface area contributed by atoms with Crippen LogP contribution in [0.15, 0.2) is 60.7 Å². The minimum absolute atomic E-state index is 0.167. The van der Waals surface area contributed by atoms with Crippen LogP contribution in [0.2, 0.25) is 0 Å². The molecule has 2 aromatic rings. The van der Waals surface area contributed by atoms with E-state index in [0.29, 0.717) is 25.0 Å². The molecule has 3 heteroatoms. The van der Waals surface area contributed by atoms with Crippen molar-refractivity contribution in [3.05, 3.63) is 71.8 Å². The Labute approximate surface area is 149 Å². The van der Waals surface area contributed by atoms with Crippen molar-refractivity contribution in [3.63, 3.8) is 0 Å². The van der Waals surface area contributed by atoms with E-state index in [1.54, 1.807) is 0 Å². The van der Waals surface area contributed by atoms with Gasteiger partial charge < -0.3 is 10.1 Å². The van der Waals surface area contributed by atoms with Crippen molar-refractivity contribution in [2.45, 2.75) is 30.6 Å². The average Bonchev–Trinajstić information content (AvgIpc) is 3.48. The lowest BCUT2D eigenvalue weighted by Crippen LogP contribution is -2.48. The highest BCUT2D eigenvalue weighted by molar-refractivity contribution is 5.88. The Morgan fingerprint density at radius 2 is 1.64 bits per heavy atom. The molecule has 1 N–H and O–H groups in total. The van der Waals surface area contributed by atoms with E-state index in [1.165, 1.54) is 12.0 Å². The van der Waals surface area contributed by atoms with Crippen LogP contribution in [0, 0.1) is 5.92 Å². The summed E-state index contributed by atoms with van der Waals surface area (Å²) in [6.07, 6.45) is 2.69. The summed E-state index contributed by atoms with van der Waals surface area (Å²) < 4.78 is 5.53. The highest BCUT2D eigenvalue weighted by atomic mass is 16.5. The second kappa shape index (κ2) is 7.01. The summed E-state index contributed by atoms with van der Waals surface area (Å²) in [6, 6.07) is 20.8. The molecule has 2 aliphatic rings. The quantitative estimate of drug-likeness (QED) is 0.906. The van der Waals surface area contributed by atoms with E-state index in [-0.39, 0.29) is 5.91 Å². The van der Waals surface area contributed by atoms with Gasteiger partial charge in [-0.05, 0) is 42.2 Å². The van der Waals surface area contributed by atoms with E-state index in [4.69, 9.17) is 4.74 Å². The first kappa shape index (κ1) is 16.3. The first-order chi connectivity index (χ1) is 12.3. The topological polar surface area (TPSA) is 38.3 Å². The lowest BCUT2D eigenvalue weighted by Gasteiger charge is -2.36. The fourth-order valence-electron chi connectivity index (χ4n) is 4.10. The average molecular weight is 335 g/mol. The molecule has 4 rings (SSSR count). The molecule has 0 radical (unpaired) electrons. The predicted octanol–water partition coefficient (Wildman–Crippen LogP) is 3.65. The fraction of sp³-hybridized carbons (Fsp3) is 0.409. The SMILES string of the molecule is O=C(NC[C@H]1C[C@@H]1c1ccccc1)C1(c2ccccc2)CCOCC1. The Hall–Kier alpha value is -2.13. The van der Waals surface area contributed by atoms with E-state index in [1.807, 2.05) is 18.2 Å². The van der Waals surface area contributed by atoms with Gasteiger partial charge in [0.15, 0.2) is 0 Å². The summed E-state index contributed by atoms with van der Waals surface area (Å²) in [5, 5.41) is 3.26. The van der Waals surface area contributed by atoms with Crippen molar-refractivity contribution in [2.75, 3.05) is 19.8 Å². The van der Waals surface area contributed by atoms with Gasteiger partial charge in [0.05, 0.1) is 5.41 Å². The van der Waals surface area contributed by atoms with Gasteiger partial charge in [-0.25, -0.2) is 0 Å². The summed E-state index contributed by atoms with van der Waals surface area (Å²) in [4.78, 5) is 13.1. The molecule has 2 atom stereocenters. The molecule has 1 saturated heterocycles. The van der Waals surface area contributed by atoms with Crippen LogP contribution < -0.4 is 5.32 Å². The number of hydrogen-bond donors (Lipinski definition) is 1. The third-order valence-electron chi connectivity index (χ3n) is 5.78. The molecule has 1 heterocycles. The van der Waals surface area contributed by atoms with Crippen molar-refractivity contribution in [1.29, 1.82) is 0 Å². The van der Waals surface area contributed by atoms with E-state index in [9.17, 15) is 4.79 Å². The van der Waals surface area contributed by atoms with Gasteiger partial charge in [0.1, 0.15) is 0 Å². The number of nitrogens with one attached hydrogen (secondary N) is 1. The minimum atomic E-state index is -0.434. The zero-order valence-electron chi connectivity index (χ0n) is 14.5. The number of carbonyl (C=O) groups excluding carboxylic acids is 1. The second-order valence-corrected chi connectivity index (χ2v) is 7.28. The Balaban J connectivity index is 1.42. The zero-order valence-corrected chi connectivity index (χ0v) is 14.5. The maximum atomic E-state index is 13.1. The van der Waals surface area contributed by atoms with Gasteiger partial charge >= 0.3 is 0 Å². The first-order valence-electron chi connectivity index (χ1n) is 9.26. The summed E-state index contributed by atoms with van der Waals surface area (Å²) in [5.74, 6) is 1.34. The molecule has 0 bridgehead atoms. The van der Waals surface area contributed by atoms with Gasteiger partial charge in [-0.3, -0.25) is 4.79 Å². The maximum absolute atomic E-state index is 13.1. The van der Waals surface area contributed by atoms with Crippen LogP contribution in [0.25, 0.3) is 0 Å². The molecule has 1 amide bonds. The van der Waals surface area contributed by atoms with Gasteiger partial charge in [0.2, 0.25) is 5.91 Å². The Bertz CT molecular complexity index is 707. The summed E-state index contributed by atoms with van der Waals surface area (Å²) in [5.41, 5.74) is 2.08. The number of hydrogen-bond acceptors (Lipinski definition) is 2. The molecular weight excluding hydrogens is 310 g/mol. The Morgan fingerprint density at radius 3 is 2.32 bits per heavy atom. The number of carbonyl (C=O) groups is 1. The zero-order chi connectivity index (χ0) is 17.1. The van der Waals surface area contributed by atoms with Gasteiger partial charge in [0, 0.05) is 19.8 Å². The molecule has 130 valence electrons. The largest absolute Gasteiger partial charge is 0.381 e. The smallest absolute Gasteiger partial charge is 0.230 e. The third-order valence-corrected chi connectivity index (χ3v) is 5.78. The number of amides is 1. The highest BCUT2D eigenvalue weighted by Gasteiger charge is 2.43. The third kappa shape index (κ3) is 3.34. The van der Waals surface area contributed by atoms with Crippen LogP contribution in [0.4, 0.5) is 0 Å². The molecular formula is C22H25NO2. The van der Waals surface area contributed by atoms with E-state index in [0.717, 1.165) is 24.9 Å². The van der Waals surface area contributed by atoms with E-state index < -0.39 is 5.41 Å². The molecule has 25 heavy (non-hydrogen) atoms. The molecule has 1 saturated carbocycles. The molecule has 0 aromatic heterocycles. The number of benzene rings is 2. The molecule has 1 aliphatic carbocycles. The Kier molecular flexibility index (Phi) is 4.58. The monoisotopic (exact) mass is 335 g/mol. The van der Waals surface area contributed by atoms with Crippen molar-refractivity contribution in [2.24, 2.45) is 5.92 Å². The fourth-order valence-corrected chi connectivity index (χ4v) is 4.10. The van der Waals surface area contributed by atoms with Crippen LogP contribution in [0.5, 0.6) is 0 Å². The summed E-state index contributed by atoms with van der Waals surface area (Å²) >= 11 is 0. The summed E-state index contributed by atoms with van der Waals surface area (Å²) in [6.45, 7) is 2.07. The molecule has 0 spiro atoms. The number of ether oxygens (including phenoxy) is 1. The van der Waals surface area contributed by atoms with Gasteiger partial charge in [-0.15, -0.1) is 0 Å². The molecule has 2 aromatic carbocycles. The predicted molar refractivity (Wildman–Crippen MR) is 98.5 cm³/mol. The number of rotatable bonds is 5. The van der Waals surface area contributed by atoms with E-state index in [2.05, 4.69) is 47.8 Å². The van der Waals surface area contributed by atoms with Crippen molar-refractivity contribution in [3.8, 4) is 0 Å². The minimum Gasteiger partial charge on any atom is -0.381 e. The Morgan fingerprint density at radius 1 is 1.00 bits per heavy atom. The maximum Gasteiger partial charge on any atom is 0.230 e. The van der Waals surface area contributed by atoms with Crippen LogP contribution in [0.3, 0.4) is 0 Å². The van der Waals surface area contributed by atoms with Crippen molar-refractivity contribution < 1.29 is 9.53 Å². The van der Waals surface area contributed by atoms with Crippen molar-refractivity contribution >= 4 is 5.91 Å². The lowest BCUT2D eigenvalue weighted by molar-refractivity contribution is -0.130. The lowest BCUT2D eigenvalue weighted by atomic mass is 9.73. The highest BCUT2D eigenvalue weighted by Crippen LogP contribution is 2.47. The van der Waals surface area contributed by atoms with Crippen LogP contribution in [0.1, 0.15) is 36.3 Å². The summed E-state index contributed by atoms with van der Waals surface area (Å²) in [7, 11) is 0. The van der Waals surface area contributed by atoms with Gasteiger partial charge in [-0.1, -0.05) is 60.7 Å². The normalized spacial score (nSPS) is 24.5. The van der Waals surface area contributed by atoms with Crippen LogP contribution in [-0.2, 0) is 14.9 Å².